The topological polar surface area (TPSA) is 29.1 Å². The zero-order valence-electron chi connectivity index (χ0n) is 9.44. The van der Waals surface area contributed by atoms with Crippen LogP contribution in [-0.2, 0) is 4.79 Å². The molecule has 1 amide bonds. The van der Waals surface area contributed by atoms with Gasteiger partial charge in [0.25, 0.3) is 0 Å². The molecular weight excluding hydrogens is 280 g/mol. The van der Waals surface area contributed by atoms with Gasteiger partial charge in [-0.05, 0) is 19.3 Å². The molecule has 94 valence electrons. The summed E-state index contributed by atoms with van der Waals surface area (Å²) in [5, 5.41) is 2.80. The molecule has 2 nitrogen and oxygen atoms in total. The average molecular weight is 298 g/mol. The predicted octanol–water partition coefficient (Wildman–Crippen LogP) is 3.10. The lowest BCUT2D eigenvalue weighted by Gasteiger charge is -2.27. The Kier molecular flexibility index (Phi) is 5.15. The number of halogens is 3. The van der Waals surface area contributed by atoms with Crippen molar-refractivity contribution in [3.05, 3.63) is 0 Å². The van der Waals surface area contributed by atoms with E-state index in [1.165, 1.54) is 0 Å². The second-order valence-corrected chi connectivity index (χ2v) is 5.68. The molecule has 16 heavy (non-hydrogen) atoms. The van der Waals surface area contributed by atoms with Gasteiger partial charge in [0.2, 0.25) is 11.8 Å². The first-order chi connectivity index (χ1) is 7.44. The van der Waals surface area contributed by atoms with E-state index in [2.05, 4.69) is 21.2 Å². The van der Waals surface area contributed by atoms with Crippen LogP contribution in [0.5, 0.6) is 0 Å². The fourth-order valence-corrected chi connectivity index (χ4v) is 1.96. The van der Waals surface area contributed by atoms with E-state index in [1.807, 2.05) is 6.92 Å². The van der Waals surface area contributed by atoms with Crippen LogP contribution in [0.1, 0.15) is 39.0 Å². The van der Waals surface area contributed by atoms with Gasteiger partial charge in [-0.2, -0.15) is 0 Å². The Bertz CT molecular complexity index is 238. The molecule has 1 fully saturated rings. The highest BCUT2D eigenvalue weighted by Crippen LogP contribution is 2.36. The third kappa shape index (κ3) is 4.36. The van der Waals surface area contributed by atoms with Crippen molar-refractivity contribution in [1.29, 1.82) is 0 Å². The van der Waals surface area contributed by atoms with Crippen LogP contribution < -0.4 is 5.32 Å². The number of hydrogen-bond acceptors (Lipinski definition) is 1. The third-order valence-corrected chi connectivity index (χ3v) is 4.00. The molecule has 0 heterocycles. The summed E-state index contributed by atoms with van der Waals surface area (Å²) in [7, 11) is 0. The van der Waals surface area contributed by atoms with Gasteiger partial charge in [0.05, 0.1) is 0 Å². The van der Waals surface area contributed by atoms with Crippen molar-refractivity contribution in [2.75, 3.05) is 6.54 Å². The molecule has 1 aliphatic carbocycles. The van der Waals surface area contributed by atoms with Crippen LogP contribution in [0, 0.1) is 5.92 Å². The molecule has 1 atom stereocenters. The minimum atomic E-state index is -2.56. The van der Waals surface area contributed by atoms with E-state index < -0.39 is 5.92 Å². The van der Waals surface area contributed by atoms with E-state index in [4.69, 9.17) is 0 Å². The van der Waals surface area contributed by atoms with E-state index in [0.29, 0.717) is 19.4 Å². The van der Waals surface area contributed by atoms with Gasteiger partial charge in [-0.3, -0.25) is 4.79 Å². The van der Waals surface area contributed by atoms with Crippen LogP contribution in [0.4, 0.5) is 8.78 Å². The Labute approximate surface area is 103 Å². The summed E-state index contributed by atoms with van der Waals surface area (Å²) < 4.78 is 25.7. The van der Waals surface area contributed by atoms with Crippen molar-refractivity contribution in [1.82, 2.24) is 5.32 Å². The fourth-order valence-electron chi connectivity index (χ4n) is 1.80. The van der Waals surface area contributed by atoms with Crippen molar-refractivity contribution in [2.45, 2.75) is 49.8 Å². The van der Waals surface area contributed by atoms with Crippen molar-refractivity contribution in [3.8, 4) is 0 Å². The van der Waals surface area contributed by atoms with Gasteiger partial charge >= 0.3 is 0 Å². The van der Waals surface area contributed by atoms with Crippen LogP contribution in [-0.4, -0.2) is 23.2 Å². The first-order valence-corrected chi connectivity index (χ1v) is 6.66. The second-order valence-electron chi connectivity index (χ2n) is 4.38. The number of amides is 1. The molecular formula is C11H18BrF2NO. The molecule has 0 aromatic rings. The van der Waals surface area contributed by atoms with Crippen LogP contribution in [0.25, 0.3) is 0 Å². The first-order valence-electron chi connectivity index (χ1n) is 5.74. The molecule has 1 unspecified atom stereocenters. The minimum Gasteiger partial charge on any atom is -0.355 e. The Balaban J connectivity index is 2.28. The number of hydrogen-bond donors (Lipinski definition) is 1. The van der Waals surface area contributed by atoms with Crippen molar-refractivity contribution < 1.29 is 13.6 Å². The maximum Gasteiger partial charge on any atom is 0.248 e. The molecule has 0 aliphatic heterocycles. The predicted molar refractivity (Wildman–Crippen MR) is 62.9 cm³/mol. The highest BCUT2D eigenvalue weighted by molar-refractivity contribution is 9.09. The summed E-state index contributed by atoms with van der Waals surface area (Å²) in [6.45, 7) is 2.59. The third-order valence-electron chi connectivity index (χ3n) is 3.03. The molecule has 0 spiro atoms. The Hall–Kier alpha value is -0.190. The van der Waals surface area contributed by atoms with E-state index in [9.17, 15) is 13.6 Å². The van der Waals surface area contributed by atoms with Crippen LogP contribution in [0.15, 0.2) is 0 Å². The summed E-state index contributed by atoms with van der Waals surface area (Å²) in [5.41, 5.74) is 0. The van der Waals surface area contributed by atoms with Crippen molar-refractivity contribution >= 4 is 21.8 Å². The maximum absolute atomic E-state index is 12.9. The van der Waals surface area contributed by atoms with Gasteiger partial charge in [-0.15, -0.1) is 0 Å². The maximum atomic E-state index is 12.9. The van der Waals surface area contributed by atoms with Gasteiger partial charge in [0, 0.05) is 30.1 Å². The number of nitrogens with one attached hydrogen (secondary N) is 1. The van der Waals surface area contributed by atoms with E-state index in [0.717, 1.165) is 6.42 Å². The van der Waals surface area contributed by atoms with Gasteiger partial charge in [0.15, 0.2) is 0 Å². The quantitative estimate of drug-likeness (QED) is 0.794. The van der Waals surface area contributed by atoms with Crippen LogP contribution >= 0.6 is 15.9 Å². The highest BCUT2D eigenvalue weighted by Gasteiger charge is 2.37. The van der Waals surface area contributed by atoms with E-state index in [-0.39, 0.29) is 29.5 Å². The number of rotatable bonds is 4. The molecule has 1 saturated carbocycles. The number of carbonyl (C=O) groups is 1. The number of carbonyl (C=O) groups excluding carboxylic acids is 1. The van der Waals surface area contributed by atoms with Gasteiger partial charge in [-0.1, -0.05) is 22.9 Å². The summed E-state index contributed by atoms with van der Waals surface area (Å²) in [5.74, 6) is -2.86. The molecule has 0 saturated heterocycles. The monoisotopic (exact) mass is 297 g/mol. The molecule has 5 heteroatoms. The standard InChI is InChI=1S/C11H18BrF2NO/c1-2-9(12)7-15-10(16)8-3-5-11(13,14)6-4-8/h8-9H,2-7H2,1H3,(H,15,16). The smallest absolute Gasteiger partial charge is 0.248 e. The Morgan fingerprint density at radius 3 is 2.56 bits per heavy atom. The van der Waals surface area contributed by atoms with Gasteiger partial charge < -0.3 is 5.32 Å². The van der Waals surface area contributed by atoms with Crippen molar-refractivity contribution in [2.24, 2.45) is 5.92 Å². The SMILES string of the molecule is CCC(Br)CNC(=O)C1CCC(F)(F)CC1. The minimum absolute atomic E-state index is 0.0756. The first kappa shape index (κ1) is 13.9. The molecule has 1 aliphatic rings. The van der Waals surface area contributed by atoms with E-state index in [1.54, 1.807) is 0 Å². The highest BCUT2D eigenvalue weighted by atomic mass is 79.9. The lowest BCUT2D eigenvalue weighted by atomic mass is 9.86. The lowest BCUT2D eigenvalue weighted by Crippen LogP contribution is -2.38. The average Bonchev–Trinajstić information content (AvgIpc) is 2.25. The Morgan fingerprint density at radius 1 is 1.50 bits per heavy atom. The van der Waals surface area contributed by atoms with Crippen molar-refractivity contribution in [3.63, 3.8) is 0 Å². The number of alkyl halides is 3. The van der Waals surface area contributed by atoms with Gasteiger partial charge in [0.1, 0.15) is 0 Å². The zero-order chi connectivity index (χ0) is 12.2. The van der Waals surface area contributed by atoms with Gasteiger partial charge in [-0.25, -0.2) is 8.78 Å². The molecule has 0 aromatic carbocycles. The molecule has 0 aromatic heterocycles. The molecule has 0 radical (unpaired) electrons. The lowest BCUT2D eigenvalue weighted by molar-refractivity contribution is -0.129. The molecule has 1 rings (SSSR count). The summed E-state index contributed by atoms with van der Waals surface area (Å²) in [6, 6.07) is 0. The normalized spacial score (nSPS) is 22.8. The fraction of sp³-hybridized carbons (Fsp3) is 0.909. The summed E-state index contributed by atoms with van der Waals surface area (Å²) in [6.07, 6.45) is 1.23. The Morgan fingerprint density at radius 2 is 2.06 bits per heavy atom. The zero-order valence-corrected chi connectivity index (χ0v) is 11.0. The van der Waals surface area contributed by atoms with E-state index >= 15 is 0 Å². The largest absolute Gasteiger partial charge is 0.355 e. The summed E-state index contributed by atoms with van der Waals surface area (Å²) >= 11 is 3.41. The van der Waals surface area contributed by atoms with Crippen LogP contribution in [0.3, 0.4) is 0 Å². The second kappa shape index (κ2) is 5.94. The molecule has 1 N–H and O–H groups in total. The molecule has 0 bridgehead atoms. The van der Waals surface area contributed by atoms with Crippen LogP contribution in [0.2, 0.25) is 0 Å². The summed E-state index contributed by atoms with van der Waals surface area (Å²) in [4.78, 5) is 11.9.